The van der Waals surface area contributed by atoms with Gasteiger partial charge in [0.15, 0.2) is 0 Å². The molecule has 0 saturated heterocycles. The van der Waals surface area contributed by atoms with Gasteiger partial charge in [-0.25, -0.2) is 0 Å². The molecule has 112 valence electrons. The van der Waals surface area contributed by atoms with E-state index in [1.165, 1.54) is 17.5 Å². The zero-order chi connectivity index (χ0) is 15.2. The zero-order valence-corrected chi connectivity index (χ0v) is 11.6. The quantitative estimate of drug-likeness (QED) is 0.735. The van der Waals surface area contributed by atoms with Gasteiger partial charge in [-0.2, -0.15) is 0 Å². The van der Waals surface area contributed by atoms with Crippen molar-refractivity contribution in [3.8, 4) is 0 Å². The molecule has 0 saturated carbocycles. The van der Waals surface area contributed by atoms with E-state index in [2.05, 4.69) is 10.6 Å². The molecule has 0 aliphatic heterocycles. The monoisotopic (exact) mass is 290 g/mol. The highest BCUT2D eigenvalue weighted by atomic mass is 16.4. The Labute approximate surface area is 122 Å². The number of nitrogens with one attached hydrogen (secondary N) is 2. The second kappa shape index (κ2) is 6.88. The second-order valence-electron chi connectivity index (χ2n) is 5.04. The van der Waals surface area contributed by atoms with Crippen LogP contribution in [0, 0.1) is 0 Å². The molecule has 1 aromatic rings. The summed E-state index contributed by atoms with van der Waals surface area (Å²) in [5, 5.41) is 13.1. The molecule has 2 rings (SSSR count). The summed E-state index contributed by atoms with van der Waals surface area (Å²) < 4.78 is 0. The fourth-order valence-corrected chi connectivity index (χ4v) is 2.37. The number of carboxylic acid groups (broad SMARTS) is 1. The maximum atomic E-state index is 12.0. The largest absolute Gasteiger partial charge is 0.480 e. The summed E-state index contributed by atoms with van der Waals surface area (Å²) in [5.74, 6) is -1.97. The zero-order valence-electron chi connectivity index (χ0n) is 11.6. The maximum absolute atomic E-state index is 12.0. The van der Waals surface area contributed by atoms with Gasteiger partial charge in [-0.15, -0.1) is 0 Å². The lowest BCUT2D eigenvalue weighted by molar-refractivity contribution is -0.137. The Kier molecular flexibility index (Phi) is 4.92. The highest BCUT2D eigenvalue weighted by molar-refractivity contribution is 5.97. The Balaban J connectivity index is 1.88. The van der Waals surface area contributed by atoms with E-state index in [9.17, 15) is 14.4 Å². The second-order valence-corrected chi connectivity index (χ2v) is 5.04. The third-order valence-electron chi connectivity index (χ3n) is 3.46. The summed E-state index contributed by atoms with van der Waals surface area (Å²) in [6.45, 7) is -0.684. The van der Waals surface area contributed by atoms with Gasteiger partial charge in [0.25, 0.3) is 5.91 Å². The Morgan fingerprint density at radius 1 is 1.00 bits per heavy atom. The fourth-order valence-electron chi connectivity index (χ4n) is 2.37. The summed E-state index contributed by atoms with van der Waals surface area (Å²) in [4.78, 5) is 33.6. The number of benzene rings is 1. The van der Waals surface area contributed by atoms with Crippen LogP contribution in [0.25, 0.3) is 0 Å². The standard InChI is InChI=1S/C15H18N2O4/c18-13(16-9-14(19)20)8-17-15(21)12-6-5-10-3-1-2-4-11(10)7-12/h5-7H,1-4,8-9H2,(H,16,18)(H,17,21)(H,19,20). The van der Waals surface area contributed by atoms with Crippen molar-refractivity contribution in [2.75, 3.05) is 13.1 Å². The van der Waals surface area contributed by atoms with Crippen LogP contribution >= 0.6 is 0 Å². The summed E-state index contributed by atoms with van der Waals surface area (Å²) in [6, 6.07) is 5.60. The van der Waals surface area contributed by atoms with Gasteiger partial charge >= 0.3 is 5.97 Å². The fraction of sp³-hybridized carbons (Fsp3) is 0.400. The molecule has 0 aromatic heterocycles. The summed E-state index contributed by atoms with van der Waals surface area (Å²) in [5.41, 5.74) is 3.02. The van der Waals surface area contributed by atoms with Crippen LogP contribution in [0.15, 0.2) is 18.2 Å². The Bertz CT molecular complexity index is 569. The third kappa shape index (κ3) is 4.30. The lowest BCUT2D eigenvalue weighted by Gasteiger charge is -2.16. The highest BCUT2D eigenvalue weighted by Gasteiger charge is 2.13. The lowest BCUT2D eigenvalue weighted by Crippen LogP contribution is -2.39. The molecular weight excluding hydrogens is 272 g/mol. The van der Waals surface area contributed by atoms with Crippen molar-refractivity contribution >= 4 is 17.8 Å². The Morgan fingerprint density at radius 3 is 2.43 bits per heavy atom. The van der Waals surface area contributed by atoms with Gasteiger partial charge in [0.05, 0.1) is 6.54 Å². The van der Waals surface area contributed by atoms with Gasteiger partial charge in [-0.05, 0) is 48.9 Å². The minimum Gasteiger partial charge on any atom is -0.480 e. The first-order valence-electron chi connectivity index (χ1n) is 6.95. The first kappa shape index (κ1) is 15.0. The van der Waals surface area contributed by atoms with Crippen LogP contribution < -0.4 is 10.6 Å². The van der Waals surface area contributed by atoms with Gasteiger partial charge in [-0.3, -0.25) is 14.4 Å². The molecule has 1 aliphatic rings. The minimum absolute atomic E-state index is 0.233. The molecule has 0 bridgehead atoms. The van der Waals surface area contributed by atoms with Gasteiger partial charge < -0.3 is 15.7 Å². The smallest absolute Gasteiger partial charge is 0.322 e. The molecule has 1 aliphatic carbocycles. The van der Waals surface area contributed by atoms with Gasteiger partial charge in [-0.1, -0.05) is 6.07 Å². The van der Waals surface area contributed by atoms with Crippen LogP contribution in [-0.4, -0.2) is 36.0 Å². The van der Waals surface area contributed by atoms with Gasteiger partial charge in [0.2, 0.25) is 5.91 Å². The number of hydrogen-bond acceptors (Lipinski definition) is 3. The van der Waals surface area contributed by atoms with Crippen LogP contribution in [0.1, 0.15) is 34.3 Å². The van der Waals surface area contributed by atoms with Crippen molar-refractivity contribution in [1.29, 1.82) is 0 Å². The number of fused-ring (bicyclic) bond motifs is 1. The van der Waals surface area contributed by atoms with Crippen LogP contribution in [0.5, 0.6) is 0 Å². The molecule has 0 unspecified atom stereocenters. The number of aliphatic carboxylic acids is 1. The number of hydrogen-bond donors (Lipinski definition) is 3. The van der Waals surface area contributed by atoms with Crippen molar-refractivity contribution < 1.29 is 19.5 Å². The summed E-state index contributed by atoms with van der Waals surface area (Å²) >= 11 is 0. The molecule has 1 aromatic carbocycles. The Hall–Kier alpha value is -2.37. The number of carbonyl (C=O) groups excluding carboxylic acids is 2. The molecular formula is C15H18N2O4. The van der Waals surface area contributed by atoms with Gasteiger partial charge in [0, 0.05) is 5.56 Å². The van der Waals surface area contributed by atoms with Crippen molar-refractivity contribution in [2.45, 2.75) is 25.7 Å². The molecule has 0 radical (unpaired) electrons. The number of carboxylic acids is 1. The third-order valence-corrected chi connectivity index (χ3v) is 3.46. The van der Waals surface area contributed by atoms with E-state index >= 15 is 0 Å². The molecule has 3 N–H and O–H groups in total. The van der Waals surface area contributed by atoms with E-state index in [1.54, 1.807) is 6.07 Å². The predicted octanol–water partition coefficient (Wildman–Crippen LogP) is 0.496. The van der Waals surface area contributed by atoms with Crippen molar-refractivity contribution in [3.05, 3.63) is 34.9 Å². The number of rotatable bonds is 5. The summed E-state index contributed by atoms with van der Waals surface area (Å²) in [6.07, 6.45) is 4.35. The SMILES string of the molecule is O=C(O)CNC(=O)CNC(=O)c1ccc2c(c1)CCCC2. The first-order valence-corrected chi connectivity index (χ1v) is 6.95. The molecule has 6 heteroatoms. The molecule has 0 heterocycles. The molecule has 6 nitrogen and oxygen atoms in total. The molecule has 21 heavy (non-hydrogen) atoms. The van der Waals surface area contributed by atoms with Crippen LogP contribution in [0.4, 0.5) is 0 Å². The molecule has 0 spiro atoms. The Morgan fingerprint density at radius 2 is 1.71 bits per heavy atom. The molecule has 0 atom stereocenters. The number of amides is 2. The van der Waals surface area contributed by atoms with Gasteiger partial charge in [0.1, 0.15) is 6.54 Å². The van der Waals surface area contributed by atoms with Crippen LogP contribution in [-0.2, 0) is 22.4 Å². The highest BCUT2D eigenvalue weighted by Crippen LogP contribution is 2.22. The van der Waals surface area contributed by atoms with E-state index < -0.39 is 18.4 Å². The van der Waals surface area contributed by atoms with E-state index in [4.69, 9.17) is 5.11 Å². The van der Waals surface area contributed by atoms with Crippen LogP contribution in [0.3, 0.4) is 0 Å². The average molecular weight is 290 g/mol. The molecule has 0 fully saturated rings. The van der Waals surface area contributed by atoms with Crippen molar-refractivity contribution in [1.82, 2.24) is 10.6 Å². The van der Waals surface area contributed by atoms with E-state index in [0.717, 1.165) is 19.3 Å². The average Bonchev–Trinajstić information content (AvgIpc) is 2.50. The number of carbonyl (C=O) groups is 3. The lowest BCUT2D eigenvalue weighted by atomic mass is 9.90. The first-order chi connectivity index (χ1) is 10.1. The number of aryl methyl sites for hydroxylation is 2. The van der Waals surface area contributed by atoms with E-state index in [1.807, 2.05) is 12.1 Å². The van der Waals surface area contributed by atoms with Crippen molar-refractivity contribution in [2.24, 2.45) is 0 Å². The summed E-state index contributed by atoms with van der Waals surface area (Å²) in [7, 11) is 0. The molecule has 2 amide bonds. The normalized spacial score (nSPS) is 13.1. The van der Waals surface area contributed by atoms with Crippen molar-refractivity contribution in [3.63, 3.8) is 0 Å². The topological polar surface area (TPSA) is 95.5 Å². The van der Waals surface area contributed by atoms with E-state index in [-0.39, 0.29) is 12.5 Å². The predicted molar refractivity (Wildman–Crippen MR) is 76.1 cm³/mol. The van der Waals surface area contributed by atoms with Crippen LogP contribution in [0.2, 0.25) is 0 Å². The van der Waals surface area contributed by atoms with E-state index in [0.29, 0.717) is 5.56 Å². The maximum Gasteiger partial charge on any atom is 0.322 e. The minimum atomic E-state index is -1.12.